The fourth-order valence-corrected chi connectivity index (χ4v) is 3.37. The summed E-state index contributed by atoms with van der Waals surface area (Å²) in [5, 5.41) is 3.01. The first-order valence-electron chi connectivity index (χ1n) is 6.04. The molecule has 0 saturated carbocycles. The number of benzene rings is 1. The maximum Gasteiger partial charge on any atom is 0.443 e. The lowest BCUT2D eigenvalue weighted by Gasteiger charge is -2.19. The summed E-state index contributed by atoms with van der Waals surface area (Å²) in [7, 11) is 0. The van der Waals surface area contributed by atoms with Gasteiger partial charge in [0.1, 0.15) is 0 Å². The fraction of sp³-hybridized carbons (Fsp3) is 0.308. The number of halogens is 5. The van der Waals surface area contributed by atoms with Crippen molar-refractivity contribution in [2.45, 2.75) is 19.1 Å². The predicted molar refractivity (Wildman–Crippen MR) is 79.1 cm³/mol. The Hall–Kier alpha value is -0.820. The summed E-state index contributed by atoms with van der Waals surface area (Å²) in [4.78, 5) is 3.86. The Morgan fingerprint density at radius 3 is 2.38 bits per heavy atom. The van der Waals surface area contributed by atoms with E-state index in [1.54, 1.807) is 18.2 Å². The van der Waals surface area contributed by atoms with Crippen LogP contribution in [-0.2, 0) is 6.18 Å². The van der Waals surface area contributed by atoms with E-state index in [-0.39, 0.29) is 0 Å². The molecule has 1 heterocycles. The number of rotatable bonds is 4. The lowest BCUT2D eigenvalue weighted by molar-refractivity contribution is -0.137. The zero-order valence-corrected chi connectivity index (χ0v) is 13.2. The zero-order valence-electron chi connectivity index (χ0n) is 10.8. The lowest BCUT2D eigenvalue weighted by Crippen LogP contribution is -2.21. The van der Waals surface area contributed by atoms with Crippen molar-refractivity contribution in [1.82, 2.24) is 10.3 Å². The molecule has 8 heteroatoms. The summed E-state index contributed by atoms with van der Waals surface area (Å²) in [5.74, 6) is 0. The van der Waals surface area contributed by atoms with Gasteiger partial charge in [0.05, 0.1) is 6.04 Å². The molecule has 1 aromatic carbocycles. The molecule has 0 spiro atoms. The van der Waals surface area contributed by atoms with Gasteiger partial charge in [-0.1, -0.05) is 36.2 Å². The highest BCUT2D eigenvalue weighted by molar-refractivity contribution is 7.11. The van der Waals surface area contributed by atoms with Gasteiger partial charge in [-0.05, 0) is 18.7 Å². The number of nitrogens with one attached hydrogen (secondary N) is 1. The minimum atomic E-state index is -4.45. The monoisotopic (exact) mass is 354 g/mol. The van der Waals surface area contributed by atoms with Crippen LogP contribution in [0.2, 0.25) is 10.0 Å². The highest BCUT2D eigenvalue weighted by Crippen LogP contribution is 2.39. The van der Waals surface area contributed by atoms with E-state index >= 15 is 0 Å². The van der Waals surface area contributed by atoms with Crippen LogP contribution in [0.15, 0.2) is 24.4 Å². The van der Waals surface area contributed by atoms with Gasteiger partial charge in [-0.15, -0.1) is 11.3 Å². The van der Waals surface area contributed by atoms with E-state index < -0.39 is 17.2 Å². The van der Waals surface area contributed by atoms with Crippen molar-refractivity contribution in [2.75, 3.05) is 6.54 Å². The molecule has 2 rings (SSSR count). The summed E-state index contributed by atoms with van der Waals surface area (Å²) in [6.07, 6.45) is -3.25. The molecular formula is C13H11Cl2F3N2S. The summed E-state index contributed by atoms with van der Waals surface area (Å²) in [6, 6.07) is 4.47. The second-order valence-corrected chi connectivity index (χ2v) is 6.07. The van der Waals surface area contributed by atoms with Crippen LogP contribution in [0, 0.1) is 0 Å². The average Bonchev–Trinajstić information content (AvgIpc) is 2.86. The SMILES string of the molecule is CCNC(c1cnc(C(F)(F)F)s1)c1c(Cl)cccc1Cl. The number of hydrogen-bond acceptors (Lipinski definition) is 3. The van der Waals surface area contributed by atoms with Crippen LogP contribution in [0.25, 0.3) is 0 Å². The van der Waals surface area contributed by atoms with E-state index in [1.165, 1.54) is 6.20 Å². The molecule has 0 radical (unpaired) electrons. The Morgan fingerprint density at radius 1 is 1.29 bits per heavy atom. The topological polar surface area (TPSA) is 24.9 Å². The van der Waals surface area contributed by atoms with Crippen molar-refractivity contribution in [3.63, 3.8) is 0 Å². The summed E-state index contributed by atoms with van der Waals surface area (Å²) < 4.78 is 38.1. The molecule has 0 saturated heterocycles. The molecule has 1 unspecified atom stereocenters. The minimum absolute atomic E-state index is 0.399. The molecule has 21 heavy (non-hydrogen) atoms. The highest BCUT2D eigenvalue weighted by Gasteiger charge is 2.35. The molecule has 0 fully saturated rings. The molecule has 2 aromatic rings. The van der Waals surface area contributed by atoms with Crippen molar-refractivity contribution < 1.29 is 13.2 Å². The Bertz CT molecular complexity index is 608. The minimum Gasteiger partial charge on any atom is -0.306 e. The molecule has 0 aliphatic rings. The maximum atomic E-state index is 12.7. The van der Waals surface area contributed by atoms with E-state index in [0.717, 1.165) is 0 Å². The quantitative estimate of drug-likeness (QED) is 0.819. The molecule has 0 aliphatic carbocycles. The molecule has 114 valence electrons. The molecule has 0 amide bonds. The fourth-order valence-electron chi connectivity index (χ4n) is 1.89. The zero-order chi connectivity index (χ0) is 15.6. The van der Waals surface area contributed by atoms with Gasteiger partial charge in [0.15, 0.2) is 5.01 Å². The molecule has 0 bridgehead atoms. The van der Waals surface area contributed by atoms with Crippen LogP contribution in [0.5, 0.6) is 0 Å². The number of nitrogens with zero attached hydrogens (tertiary/aromatic N) is 1. The van der Waals surface area contributed by atoms with Crippen molar-refractivity contribution in [3.05, 3.63) is 49.9 Å². The molecule has 2 nitrogen and oxygen atoms in total. The van der Waals surface area contributed by atoms with Crippen LogP contribution >= 0.6 is 34.5 Å². The van der Waals surface area contributed by atoms with Crippen LogP contribution < -0.4 is 5.32 Å². The van der Waals surface area contributed by atoms with E-state index in [1.807, 2.05) is 6.92 Å². The maximum absolute atomic E-state index is 12.7. The molecular weight excluding hydrogens is 344 g/mol. The lowest BCUT2D eigenvalue weighted by atomic mass is 10.1. The molecule has 1 aromatic heterocycles. The Labute approximate surface area is 133 Å². The van der Waals surface area contributed by atoms with Crippen molar-refractivity contribution >= 4 is 34.5 Å². The molecule has 0 aliphatic heterocycles. The second-order valence-electron chi connectivity index (χ2n) is 4.19. The average molecular weight is 355 g/mol. The van der Waals surface area contributed by atoms with Gasteiger partial charge >= 0.3 is 6.18 Å². The third kappa shape index (κ3) is 3.69. The van der Waals surface area contributed by atoms with Gasteiger partial charge < -0.3 is 5.32 Å². The van der Waals surface area contributed by atoms with Crippen molar-refractivity contribution in [3.8, 4) is 0 Å². The Balaban J connectivity index is 2.47. The van der Waals surface area contributed by atoms with Gasteiger partial charge in [-0.3, -0.25) is 0 Å². The summed E-state index contributed by atoms with van der Waals surface area (Å²) in [6.45, 7) is 2.40. The first-order valence-corrected chi connectivity index (χ1v) is 7.62. The van der Waals surface area contributed by atoms with Crippen LogP contribution in [0.3, 0.4) is 0 Å². The number of aromatic nitrogens is 1. The highest BCUT2D eigenvalue weighted by atomic mass is 35.5. The van der Waals surface area contributed by atoms with Gasteiger partial charge in [0.25, 0.3) is 0 Å². The first-order chi connectivity index (χ1) is 9.84. The number of thiazole rings is 1. The van der Waals surface area contributed by atoms with E-state index in [0.29, 0.717) is 38.4 Å². The van der Waals surface area contributed by atoms with Crippen LogP contribution in [-0.4, -0.2) is 11.5 Å². The number of alkyl halides is 3. The second kappa shape index (κ2) is 6.52. The molecule has 1 atom stereocenters. The van der Waals surface area contributed by atoms with E-state index in [2.05, 4.69) is 10.3 Å². The van der Waals surface area contributed by atoms with Gasteiger partial charge in [-0.25, -0.2) is 4.98 Å². The third-order valence-corrected chi connectivity index (χ3v) is 4.51. The van der Waals surface area contributed by atoms with Gasteiger partial charge in [0.2, 0.25) is 0 Å². The van der Waals surface area contributed by atoms with Crippen LogP contribution in [0.4, 0.5) is 13.2 Å². The summed E-state index contributed by atoms with van der Waals surface area (Å²) >= 11 is 12.9. The first kappa shape index (κ1) is 16.5. The molecule has 1 N–H and O–H groups in total. The van der Waals surface area contributed by atoms with Crippen LogP contribution in [0.1, 0.15) is 28.4 Å². The standard InChI is InChI=1S/C13H11Cl2F3N2S/c1-2-19-11(10-7(14)4-3-5-8(10)15)9-6-20-12(21-9)13(16,17)18/h3-6,11,19H,2H2,1H3. The third-order valence-electron chi connectivity index (χ3n) is 2.75. The Morgan fingerprint density at radius 2 is 1.90 bits per heavy atom. The van der Waals surface area contributed by atoms with Crippen molar-refractivity contribution in [2.24, 2.45) is 0 Å². The smallest absolute Gasteiger partial charge is 0.306 e. The predicted octanol–water partition coefficient (Wildman–Crippen LogP) is 5.17. The Kier molecular flexibility index (Phi) is 5.14. The van der Waals surface area contributed by atoms with E-state index in [9.17, 15) is 13.2 Å². The summed E-state index contributed by atoms with van der Waals surface area (Å²) in [5.41, 5.74) is 0.556. The number of hydrogen-bond donors (Lipinski definition) is 1. The van der Waals surface area contributed by atoms with E-state index in [4.69, 9.17) is 23.2 Å². The van der Waals surface area contributed by atoms with Crippen molar-refractivity contribution in [1.29, 1.82) is 0 Å². The largest absolute Gasteiger partial charge is 0.443 e. The van der Waals surface area contributed by atoms with Gasteiger partial charge in [-0.2, -0.15) is 13.2 Å². The normalized spacial score (nSPS) is 13.4. The van der Waals surface area contributed by atoms with Gasteiger partial charge in [0, 0.05) is 26.7 Å².